The first kappa shape index (κ1) is 11.0. The van der Waals surface area contributed by atoms with Gasteiger partial charge in [0.25, 0.3) is 0 Å². The van der Waals surface area contributed by atoms with Crippen molar-refractivity contribution >= 4 is 0 Å². The number of hydrogen-bond acceptors (Lipinski definition) is 3. The van der Waals surface area contributed by atoms with Crippen LogP contribution in [0.1, 0.15) is 33.1 Å². The summed E-state index contributed by atoms with van der Waals surface area (Å²) in [6.07, 6.45) is 4.07. The zero-order chi connectivity index (χ0) is 9.73. The summed E-state index contributed by atoms with van der Waals surface area (Å²) < 4.78 is 5.51. The van der Waals surface area contributed by atoms with Gasteiger partial charge in [-0.2, -0.15) is 0 Å². The van der Waals surface area contributed by atoms with Crippen LogP contribution in [0.3, 0.4) is 0 Å². The normalized spacial score (nSPS) is 23.8. The van der Waals surface area contributed by atoms with Gasteiger partial charge in [-0.05, 0) is 39.7 Å². The zero-order valence-corrected chi connectivity index (χ0v) is 8.81. The molecule has 1 aliphatic rings. The van der Waals surface area contributed by atoms with Gasteiger partial charge in [0.05, 0.1) is 6.10 Å². The first-order valence-electron chi connectivity index (χ1n) is 5.19. The fourth-order valence-electron chi connectivity index (χ4n) is 1.55. The highest BCUT2D eigenvalue weighted by molar-refractivity contribution is 4.75. The molecule has 1 unspecified atom stereocenters. The van der Waals surface area contributed by atoms with Crippen LogP contribution in [0.2, 0.25) is 0 Å². The highest BCUT2D eigenvalue weighted by atomic mass is 16.5. The molecule has 0 saturated carbocycles. The molecule has 3 nitrogen and oxygen atoms in total. The Kier molecular flexibility index (Phi) is 4.16. The number of ether oxygens (including phenoxy) is 1. The lowest BCUT2D eigenvalue weighted by atomic mass is 10.1. The minimum atomic E-state index is -0.101. The van der Waals surface area contributed by atoms with Crippen molar-refractivity contribution in [1.82, 2.24) is 5.32 Å². The third-order valence-electron chi connectivity index (χ3n) is 2.25. The Morgan fingerprint density at radius 3 is 2.85 bits per heavy atom. The molecule has 13 heavy (non-hydrogen) atoms. The molecule has 1 saturated heterocycles. The van der Waals surface area contributed by atoms with Crippen LogP contribution in [0.25, 0.3) is 0 Å². The van der Waals surface area contributed by atoms with Crippen molar-refractivity contribution in [2.75, 3.05) is 19.7 Å². The maximum atomic E-state index is 5.84. The van der Waals surface area contributed by atoms with Crippen molar-refractivity contribution < 1.29 is 4.74 Å². The van der Waals surface area contributed by atoms with E-state index in [-0.39, 0.29) is 5.54 Å². The average molecular weight is 186 g/mol. The summed E-state index contributed by atoms with van der Waals surface area (Å²) in [6, 6.07) is 0. The molecule has 0 bridgehead atoms. The highest BCUT2D eigenvalue weighted by Crippen LogP contribution is 2.14. The van der Waals surface area contributed by atoms with E-state index in [0.29, 0.717) is 6.10 Å². The summed E-state index contributed by atoms with van der Waals surface area (Å²) in [5.74, 6) is 0. The van der Waals surface area contributed by atoms with Gasteiger partial charge in [0, 0.05) is 18.7 Å². The fourth-order valence-corrected chi connectivity index (χ4v) is 1.55. The lowest BCUT2D eigenvalue weighted by Gasteiger charge is -2.19. The minimum Gasteiger partial charge on any atom is -0.378 e. The lowest BCUT2D eigenvalue weighted by molar-refractivity contribution is 0.104. The molecule has 0 radical (unpaired) electrons. The van der Waals surface area contributed by atoms with Crippen LogP contribution < -0.4 is 11.1 Å². The molecule has 0 aromatic rings. The van der Waals surface area contributed by atoms with Gasteiger partial charge in [-0.15, -0.1) is 0 Å². The van der Waals surface area contributed by atoms with Gasteiger partial charge >= 0.3 is 0 Å². The van der Waals surface area contributed by atoms with Gasteiger partial charge < -0.3 is 15.8 Å². The molecule has 0 aliphatic carbocycles. The van der Waals surface area contributed by atoms with E-state index < -0.39 is 0 Å². The summed E-state index contributed by atoms with van der Waals surface area (Å²) >= 11 is 0. The van der Waals surface area contributed by atoms with Crippen molar-refractivity contribution in [3.05, 3.63) is 0 Å². The Morgan fingerprint density at radius 2 is 2.31 bits per heavy atom. The van der Waals surface area contributed by atoms with Crippen molar-refractivity contribution in [2.45, 2.75) is 44.8 Å². The SMILES string of the molecule is CC(C)(N)CNCCC1CCCO1. The van der Waals surface area contributed by atoms with Gasteiger partial charge in [0.1, 0.15) is 0 Å². The molecule has 0 amide bonds. The van der Waals surface area contributed by atoms with Crippen LogP contribution in [-0.4, -0.2) is 31.3 Å². The Labute approximate surface area is 81.0 Å². The maximum Gasteiger partial charge on any atom is 0.0588 e. The second-order valence-corrected chi connectivity index (χ2v) is 4.59. The van der Waals surface area contributed by atoms with E-state index in [1.165, 1.54) is 12.8 Å². The molecule has 1 atom stereocenters. The van der Waals surface area contributed by atoms with Gasteiger partial charge in [-0.1, -0.05) is 0 Å². The third-order valence-corrected chi connectivity index (χ3v) is 2.25. The first-order chi connectivity index (χ1) is 6.08. The smallest absolute Gasteiger partial charge is 0.0588 e. The topological polar surface area (TPSA) is 47.3 Å². The summed E-state index contributed by atoms with van der Waals surface area (Å²) in [6.45, 7) is 6.91. The predicted molar refractivity (Wildman–Crippen MR) is 54.7 cm³/mol. The molecule has 0 spiro atoms. The van der Waals surface area contributed by atoms with Gasteiger partial charge in [0.15, 0.2) is 0 Å². The summed E-state index contributed by atoms with van der Waals surface area (Å²) in [5.41, 5.74) is 5.74. The third kappa shape index (κ3) is 5.24. The van der Waals surface area contributed by atoms with E-state index in [0.717, 1.165) is 26.1 Å². The van der Waals surface area contributed by atoms with Crippen molar-refractivity contribution in [3.8, 4) is 0 Å². The lowest BCUT2D eigenvalue weighted by Crippen LogP contribution is -2.43. The minimum absolute atomic E-state index is 0.101. The number of nitrogens with one attached hydrogen (secondary N) is 1. The Hall–Kier alpha value is -0.120. The van der Waals surface area contributed by atoms with Crippen LogP contribution in [-0.2, 0) is 4.74 Å². The van der Waals surface area contributed by atoms with Crippen LogP contribution in [0.15, 0.2) is 0 Å². The first-order valence-corrected chi connectivity index (χ1v) is 5.19. The van der Waals surface area contributed by atoms with Crippen molar-refractivity contribution in [1.29, 1.82) is 0 Å². The van der Waals surface area contributed by atoms with Crippen LogP contribution in [0, 0.1) is 0 Å². The monoisotopic (exact) mass is 186 g/mol. The van der Waals surface area contributed by atoms with E-state index in [2.05, 4.69) is 5.32 Å². The van der Waals surface area contributed by atoms with E-state index in [1.54, 1.807) is 0 Å². The molecule has 78 valence electrons. The van der Waals surface area contributed by atoms with E-state index >= 15 is 0 Å². The largest absolute Gasteiger partial charge is 0.378 e. The van der Waals surface area contributed by atoms with Crippen LogP contribution >= 0.6 is 0 Å². The second-order valence-electron chi connectivity index (χ2n) is 4.59. The Morgan fingerprint density at radius 1 is 1.54 bits per heavy atom. The average Bonchev–Trinajstić information content (AvgIpc) is 2.48. The number of nitrogens with two attached hydrogens (primary N) is 1. The molecule has 1 rings (SSSR count). The Balaban J connectivity index is 1.94. The quantitative estimate of drug-likeness (QED) is 0.627. The van der Waals surface area contributed by atoms with E-state index in [4.69, 9.17) is 10.5 Å². The highest BCUT2D eigenvalue weighted by Gasteiger charge is 2.15. The summed E-state index contributed by atoms with van der Waals surface area (Å²) in [4.78, 5) is 0. The van der Waals surface area contributed by atoms with Gasteiger partial charge in [-0.3, -0.25) is 0 Å². The maximum absolute atomic E-state index is 5.84. The Bertz CT molecular complexity index is 136. The van der Waals surface area contributed by atoms with Crippen molar-refractivity contribution in [3.63, 3.8) is 0 Å². The molecular formula is C10H22N2O. The molecule has 3 heteroatoms. The number of rotatable bonds is 5. The fraction of sp³-hybridized carbons (Fsp3) is 1.00. The molecule has 1 fully saturated rings. The van der Waals surface area contributed by atoms with Gasteiger partial charge in [0.2, 0.25) is 0 Å². The van der Waals surface area contributed by atoms with Gasteiger partial charge in [-0.25, -0.2) is 0 Å². The molecule has 3 N–H and O–H groups in total. The standard InChI is InChI=1S/C10H22N2O/c1-10(2,11)8-12-6-5-9-4-3-7-13-9/h9,12H,3-8,11H2,1-2H3. The predicted octanol–water partition coefficient (Wildman–Crippen LogP) is 0.882. The zero-order valence-electron chi connectivity index (χ0n) is 8.81. The van der Waals surface area contributed by atoms with Crippen LogP contribution in [0.4, 0.5) is 0 Å². The molecular weight excluding hydrogens is 164 g/mol. The van der Waals surface area contributed by atoms with E-state index in [1.807, 2.05) is 13.8 Å². The molecule has 1 aliphatic heterocycles. The van der Waals surface area contributed by atoms with E-state index in [9.17, 15) is 0 Å². The number of hydrogen-bond donors (Lipinski definition) is 2. The molecule has 1 heterocycles. The molecule has 0 aromatic heterocycles. The second kappa shape index (κ2) is 4.94. The van der Waals surface area contributed by atoms with Crippen LogP contribution in [0.5, 0.6) is 0 Å². The van der Waals surface area contributed by atoms with Crippen molar-refractivity contribution in [2.24, 2.45) is 5.73 Å². The summed E-state index contributed by atoms with van der Waals surface area (Å²) in [7, 11) is 0. The summed E-state index contributed by atoms with van der Waals surface area (Å²) in [5, 5.41) is 3.35. The molecule has 0 aromatic carbocycles.